The highest BCUT2D eigenvalue weighted by molar-refractivity contribution is 6.08. The molecular weight excluding hydrogens is 316 g/mol. The lowest BCUT2D eigenvalue weighted by Crippen LogP contribution is -2.38. The molecule has 3 rings (SSSR count). The molecule has 1 saturated carbocycles. The van der Waals surface area contributed by atoms with E-state index in [0.717, 1.165) is 23.6 Å². The van der Waals surface area contributed by atoms with E-state index in [4.69, 9.17) is 0 Å². The van der Waals surface area contributed by atoms with Gasteiger partial charge in [0, 0.05) is 18.6 Å². The van der Waals surface area contributed by atoms with Crippen molar-refractivity contribution >= 4 is 28.3 Å². The second kappa shape index (κ2) is 7.23. The van der Waals surface area contributed by atoms with Crippen molar-refractivity contribution in [1.29, 1.82) is 0 Å². The zero-order chi connectivity index (χ0) is 18.0. The standard InChI is InChI=1S/C20H24N2O3/c1-12(11-23)13(2)21-20(25)17-9-15-5-3-4-6-16(15)10-18(17)22-19(24)14-7-8-14/h3-6,9-10,12-14,23H,7-8,11H2,1-2H3,(H,21,25)(H,22,24). The fourth-order valence-electron chi connectivity index (χ4n) is 2.70. The third-order valence-corrected chi connectivity index (χ3v) is 4.84. The smallest absolute Gasteiger partial charge is 0.253 e. The number of amides is 2. The predicted octanol–water partition coefficient (Wildman–Crippen LogP) is 2.94. The van der Waals surface area contributed by atoms with Crippen molar-refractivity contribution in [3.8, 4) is 0 Å². The number of hydrogen-bond acceptors (Lipinski definition) is 3. The maximum atomic E-state index is 12.8. The van der Waals surface area contributed by atoms with Crippen LogP contribution < -0.4 is 10.6 Å². The molecule has 25 heavy (non-hydrogen) atoms. The lowest BCUT2D eigenvalue weighted by molar-refractivity contribution is -0.117. The molecule has 1 fully saturated rings. The minimum atomic E-state index is -0.246. The van der Waals surface area contributed by atoms with Gasteiger partial charge in [-0.3, -0.25) is 9.59 Å². The van der Waals surface area contributed by atoms with Gasteiger partial charge in [-0.25, -0.2) is 0 Å². The highest BCUT2D eigenvalue weighted by Crippen LogP contribution is 2.32. The highest BCUT2D eigenvalue weighted by Gasteiger charge is 2.30. The van der Waals surface area contributed by atoms with Crippen LogP contribution in [0, 0.1) is 11.8 Å². The lowest BCUT2D eigenvalue weighted by Gasteiger charge is -2.20. The van der Waals surface area contributed by atoms with Crippen molar-refractivity contribution in [2.75, 3.05) is 11.9 Å². The van der Waals surface area contributed by atoms with Gasteiger partial charge in [-0.05, 0) is 48.6 Å². The van der Waals surface area contributed by atoms with Crippen LogP contribution in [0.25, 0.3) is 10.8 Å². The lowest BCUT2D eigenvalue weighted by atomic mass is 10.0. The number of aliphatic hydroxyl groups is 1. The first-order valence-electron chi connectivity index (χ1n) is 8.75. The molecule has 2 aromatic rings. The average molecular weight is 340 g/mol. The van der Waals surface area contributed by atoms with Crippen LogP contribution in [0.15, 0.2) is 36.4 Å². The van der Waals surface area contributed by atoms with Crippen molar-refractivity contribution in [2.24, 2.45) is 11.8 Å². The van der Waals surface area contributed by atoms with Crippen molar-refractivity contribution in [3.63, 3.8) is 0 Å². The van der Waals surface area contributed by atoms with Crippen LogP contribution in [0.5, 0.6) is 0 Å². The molecule has 3 N–H and O–H groups in total. The van der Waals surface area contributed by atoms with Crippen LogP contribution >= 0.6 is 0 Å². The summed E-state index contributed by atoms with van der Waals surface area (Å²) in [5.74, 6) is -0.254. The van der Waals surface area contributed by atoms with Gasteiger partial charge in [0.25, 0.3) is 5.91 Å². The summed E-state index contributed by atoms with van der Waals surface area (Å²) in [4.78, 5) is 24.9. The van der Waals surface area contributed by atoms with Gasteiger partial charge in [-0.2, -0.15) is 0 Å². The first-order valence-corrected chi connectivity index (χ1v) is 8.75. The highest BCUT2D eigenvalue weighted by atomic mass is 16.3. The maximum absolute atomic E-state index is 12.8. The average Bonchev–Trinajstić information content (AvgIpc) is 3.45. The van der Waals surface area contributed by atoms with Crippen LogP contribution in [0.2, 0.25) is 0 Å². The van der Waals surface area contributed by atoms with Crippen molar-refractivity contribution in [1.82, 2.24) is 5.32 Å². The van der Waals surface area contributed by atoms with E-state index in [1.54, 1.807) is 0 Å². The van der Waals surface area contributed by atoms with Crippen LogP contribution in [-0.4, -0.2) is 29.6 Å². The Morgan fingerprint density at radius 1 is 1.16 bits per heavy atom. The summed E-state index contributed by atoms with van der Waals surface area (Å²) in [7, 11) is 0. The maximum Gasteiger partial charge on any atom is 0.253 e. The Morgan fingerprint density at radius 3 is 2.40 bits per heavy atom. The van der Waals surface area contributed by atoms with Gasteiger partial charge < -0.3 is 15.7 Å². The summed E-state index contributed by atoms with van der Waals surface area (Å²) in [5, 5.41) is 17.0. The van der Waals surface area contributed by atoms with Crippen LogP contribution in [0.1, 0.15) is 37.0 Å². The summed E-state index contributed by atoms with van der Waals surface area (Å²) in [6.45, 7) is 3.74. The first kappa shape index (κ1) is 17.4. The zero-order valence-corrected chi connectivity index (χ0v) is 14.6. The Kier molecular flexibility index (Phi) is 5.04. The van der Waals surface area contributed by atoms with E-state index in [1.165, 1.54) is 0 Å². The molecule has 5 nitrogen and oxygen atoms in total. The normalized spacial score (nSPS) is 16.3. The molecule has 0 bridgehead atoms. The summed E-state index contributed by atoms with van der Waals surface area (Å²) >= 11 is 0. The van der Waals surface area contributed by atoms with Crippen LogP contribution in [0.3, 0.4) is 0 Å². The molecule has 5 heteroatoms. The Hall–Kier alpha value is -2.40. The molecule has 2 amide bonds. The van der Waals surface area contributed by atoms with Crippen molar-refractivity contribution in [3.05, 3.63) is 42.0 Å². The number of nitrogens with one attached hydrogen (secondary N) is 2. The second-order valence-electron chi connectivity index (χ2n) is 6.93. The van der Waals surface area contributed by atoms with Gasteiger partial charge in [0.15, 0.2) is 0 Å². The molecule has 0 aliphatic heterocycles. The van der Waals surface area contributed by atoms with E-state index >= 15 is 0 Å². The molecule has 1 aliphatic rings. The second-order valence-corrected chi connectivity index (χ2v) is 6.93. The van der Waals surface area contributed by atoms with E-state index in [0.29, 0.717) is 11.3 Å². The zero-order valence-electron chi connectivity index (χ0n) is 14.6. The van der Waals surface area contributed by atoms with E-state index in [-0.39, 0.29) is 36.3 Å². The Balaban J connectivity index is 1.92. The molecule has 0 heterocycles. The minimum absolute atomic E-state index is 0.00440. The summed E-state index contributed by atoms with van der Waals surface area (Å²) in [6.07, 6.45) is 1.82. The van der Waals surface area contributed by atoms with Gasteiger partial charge in [0.05, 0.1) is 11.3 Å². The quantitative estimate of drug-likeness (QED) is 0.756. The number of hydrogen-bond donors (Lipinski definition) is 3. The fourth-order valence-corrected chi connectivity index (χ4v) is 2.70. The molecule has 0 radical (unpaired) electrons. The fraction of sp³-hybridized carbons (Fsp3) is 0.400. The van der Waals surface area contributed by atoms with Gasteiger partial charge in [0.1, 0.15) is 0 Å². The largest absolute Gasteiger partial charge is 0.396 e. The minimum Gasteiger partial charge on any atom is -0.396 e. The summed E-state index contributed by atoms with van der Waals surface area (Å²) in [6, 6.07) is 11.2. The molecule has 2 aromatic carbocycles. The van der Waals surface area contributed by atoms with Crippen molar-refractivity contribution in [2.45, 2.75) is 32.7 Å². The molecule has 1 aliphatic carbocycles. The topological polar surface area (TPSA) is 78.4 Å². The Bertz CT molecular complexity index is 799. The Labute approximate surface area is 147 Å². The van der Waals surface area contributed by atoms with Gasteiger partial charge in [0.2, 0.25) is 5.91 Å². The number of carbonyl (C=O) groups excluding carboxylic acids is 2. The number of aliphatic hydroxyl groups excluding tert-OH is 1. The summed E-state index contributed by atoms with van der Waals surface area (Å²) in [5.41, 5.74) is 0.988. The molecule has 0 saturated heterocycles. The van der Waals surface area contributed by atoms with Crippen LogP contribution in [0.4, 0.5) is 5.69 Å². The number of rotatable bonds is 6. The predicted molar refractivity (Wildman–Crippen MR) is 98.5 cm³/mol. The summed E-state index contributed by atoms with van der Waals surface area (Å²) < 4.78 is 0. The molecule has 2 unspecified atom stereocenters. The van der Waals surface area contributed by atoms with E-state index in [2.05, 4.69) is 10.6 Å². The number of benzene rings is 2. The van der Waals surface area contributed by atoms with Crippen LogP contribution in [-0.2, 0) is 4.79 Å². The third-order valence-electron chi connectivity index (χ3n) is 4.84. The van der Waals surface area contributed by atoms with E-state index in [9.17, 15) is 14.7 Å². The monoisotopic (exact) mass is 340 g/mol. The van der Waals surface area contributed by atoms with Crippen molar-refractivity contribution < 1.29 is 14.7 Å². The van der Waals surface area contributed by atoms with E-state index in [1.807, 2.05) is 50.2 Å². The third kappa shape index (κ3) is 3.99. The molecule has 132 valence electrons. The molecule has 0 spiro atoms. The SMILES string of the molecule is CC(CO)C(C)NC(=O)c1cc2ccccc2cc1NC(=O)C1CC1. The van der Waals surface area contributed by atoms with Gasteiger partial charge >= 0.3 is 0 Å². The van der Waals surface area contributed by atoms with Gasteiger partial charge in [-0.1, -0.05) is 31.2 Å². The number of anilines is 1. The number of carbonyl (C=O) groups is 2. The van der Waals surface area contributed by atoms with E-state index < -0.39 is 0 Å². The number of fused-ring (bicyclic) bond motifs is 1. The first-order chi connectivity index (χ1) is 12.0. The molecule has 0 aromatic heterocycles. The van der Waals surface area contributed by atoms with Gasteiger partial charge in [-0.15, -0.1) is 0 Å². The molecule has 2 atom stereocenters. The Morgan fingerprint density at radius 2 is 1.80 bits per heavy atom. The molecular formula is C20H24N2O3.